The van der Waals surface area contributed by atoms with E-state index in [4.69, 9.17) is 5.73 Å². The monoisotopic (exact) mass is 292 g/mol. The van der Waals surface area contributed by atoms with Gasteiger partial charge in [-0.1, -0.05) is 32.0 Å². The van der Waals surface area contributed by atoms with Crippen LogP contribution in [0.2, 0.25) is 0 Å². The number of Topliss-reactive ketones (excluding diaryl/α,β-unsaturated/α-hetero) is 1. The molecular formula is C15H17FN2OS. The molecule has 0 fully saturated rings. The summed E-state index contributed by atoms with van der Waals surface area (Å²) >= 11 is 1.31. The van der Waals surface area contributed by atoms with Gasteiger partial charge >= 0.3 is 0 Å². The zero-order valence-electron chi connectivity index (χ0n) is 11.4. The second-order valence-electron chi connectivity index (χ2n) is 4.86. The second kappa shape index (κ2) is 6.05. The largest absolute Gasteiger partial charge is 0.397 e. The van der Waals surface area contributed by atoms with E-state index in [-0.39, 0.29) is 17.5 Å². The minimum atomic E-state index is -0.247. The Labute approximate surface area is 121 Å². The highest BCUT2D eigenvalue weighted by Gasteiger charge is 2.17. The topological polar surface area (TPSA) is 55.1 Å². The molecule has 1 aromatic carbocycles. The van der Waals surface area contributed by atoms with Crippen molar-refractivity contribution in [2.75, 3.05) is 11.1 Å². The van der Waals surface area contributed by atoms with E-state index in [1.54, 1.807) is 24.3 Å². The van der Waals surface area contributed by atoms with Crippen LogP contribution in [0.1, 0.15) is 29.1 Å². The number of halogens is 1. The van der Waals surface area contributed by atoms with Crippen LogP contribution in [0.5, 0.6) is 0 Å². The third kappa shape index (κ3) is 3.17. The van der Waals surface area contributed by atoms with Crippen molar-refractivity contribution in [3.8, 4) is 0 Å². The molecule has 0 amide bonds. The number of hydrogen-bond acceptors (Lipinski definition) is 4. The summed E-state index contributed by atoms with van der Waals surface area (Å²) in [5, 5.41) is 3.88. The Morgan fingerprint density at radius 2 is 2.10 bits per heavy atom. The third-order valence-electron chi connectivity index (χ3n) is 2.92. The lowest BCUT2D eigenvalue weighted by Gasteiger charge is -2.04. The smallest absolute Gasteiger partial charge is 0.177 e. The maximum absolute atomic E-state index is 13.5. The fourth-order valence-corrected chi connectivity index (χ4v) is 2.83. The van der Waals surface area contributed by atoms with Gasteiger partial charge in [0.1, 0.15) is 5.82 Å². The van der Waals surface area contributed by atoms with Crippen LogP contribution in [-0.2, 0) is 6.54 Å². The molecule has 0 saturated heterocycles. The van der Waals surface area contributed by atoms with Gasteiger partial charge in [-0.05, 0) is 12.1 Å². The number of benzene rings is 1. The fourth-order valence-electron chi connectivity index (χ4n) is 1.77. The number of anilines is 2. The summed E-state index contributed by atoms with van der Waals surface area (Å²) in [6, 6.07) is 8.31. The number of nitrogen functional groups attached to an aromatic ring is 1. The highest BCUT2D eigenvalue weighted by molar-refractivity contribution is 7.18. The first-order chi connectivity index (χ1) is 9.49. The summed E-state index contributed by atoms with van der Waals surface area (Å²) in [6.07, 6.45) is 0. The average molecular weight is 292 g/mol. The van der Waals surface area contributed by atoms with Gasteiger partial charge in [0.05, 0.1) is 15.6 Å². The van der Waals surface area contributed by atoms with Crippen molar-refractivity contribution in [1.29, 1.82) is 0 Å². The first kappa shape index (κ1) is 14.5. The molecule has 3 N–H and O–H groups in total. The van der Waals surface area contributed by atoms with E-state index in [2.05, 4.69) is 5.32 Å². The third-order valence-corrected chi connectivity index (χ3v) is 4.04. The van der Waals surface area contributed by atoms with E-state index in [9.17, 15) is 9.18 Å². The van der Waals surface area contributed by atoms with E-state index in [1.165, 1.54) is 17.4 Å². The van der Waals surface area contributed by atoms with Crippen molar-refractivity contribution in [2.24, 2.45) is 5.92 Å². The Hall–Kier alpha value is -1.88. The zero-order valence-corrected chi connectivity index (χ0v) is 12.3. The van der Waals surface area contributed by atoms with Crippen LogP contribution in [0.4, 0.5) is 15.1 Å². The summed E-state index contributed by atoms with van der Waals surface area (Å²) in [4.78, 5) is 12.5. The molecule has 0 radical (unpaired) electrons. The Morgan fingerprint density at radius 3 is 2.75 bits per heavy atom. The summed E-state index contributed by atoms with van der Waals surface area (Å²) in [6.45, 7) is 4.05. The van der Waals surface area contributed by atoms with E-state index in [0.717, 1.165) is 5.00 Å². The predicted molar refractivity (Wildman–Crippen MR) is 81.6 cm³/mol. The van der Waals surface area contributed by atoms with Crippen LogP contribution in [0.25, 0.3) is 0 Å². The molecule has 0 atom stereocenters. The summed E-state index contributed by atoms with van der Waals surface area (Å²) in [5.41, 5.74) is 6.91. The number of thiophene rings is 1. The van der Waals surface area contributed by atoms with Crippen LogP contribution >= 0.6 is 11.3 Å². The average Bonchev–Trinajstić information content (AvgIpc) is 2.78. The van der Waals surface area contributed by atoms with Crippen molar-refractivity contribution in [3.05, 3.63) is 46.6 Å². The molecule has 106 valence electrons. The van der Waals surface area contributed by atoms with Crippen molar-refractivity contribution >= 4 is 27.8 Å². The van der Waals surface area contributed by atoms with Gasteiger partial charge in [0.15, 0.2) is 5.78 Å². The summed E-state index contributed by atoms with van der Waals surface area (Å²) in [7, 11) is 0. The molecule has 0 aliphatic rings. The van der Waals surface area contributed by atoms with E-state index in [0.29, 0.717) is 22.7 Å². The molecule has 0 aliphatic carbocycles. The van der Waals surface area contributed by atoms with Crippen LogP contribution < -0.4 is 11.1 Å². The number of carbonyl (C=O) groups excluding carboxylic acids is 1. The maximum Gasteiger partial charge on any atom is 0.177 e. The highest BCUT2D eigenvalue weighted by atomic mass is 32.1. The van der Waals surface area contributed by atoms with Gasteiger partial charge in [0.2, 0.25) is 0 Å². The van der Waals surface area contributed by atoms with Gasteiger partial charge < -0.3 is 11.1 Å². The normalized spacial score (nSPS) is 10.8. The first-order valence-electron chi connectivity index (χ1n) is 6.40. The van der Waals surface area contributed by atoms with Crippen LogP contribution in [-0.4, -0.2) is 5.78 Å². The lowest BCUT2D eigenvalue weighted by molar-refractivity contribution is 0.0944. The number of rotatable bonds is 5. The number of nitrogens with two attached hydrogens (primary N) is 1. The molecule has 1 heterocycles. The molecule has 0 aliphatic heterocycles. The Bertz CT molecular complexity index is 622. The number of carbonyl (C=O) groups is 1. The second-order valence-corrected chi connectivity index (χ2v) is 5.91. The maximum atomic E-state index is 13.5. The fraction of sp³-hybridized carbons (Fsp3) is 0.267. The van der Waals surface area contributed by atoms with Gasteiger partial charge in [-0.3, -0.25) is 4.79 Å². The van der Waals surface area contributed by atoms with Gasteiger partial charge in [0, 0.05) is 18.0 Å². The Balaban J connectivity index is 2.10. The molecule has 3 nitrogen and oxygen atoms in total. The van der Waals surface area contributed by atoms with Crippen LogP contribution in [0.3, 0.4) is 0 Å². The molecule has 0 saturated carbocycles. The summed E-state index contributed by atoms with van der Waals surface area (Å²) < 4.78 is 13.5. The number of hydrogen-bond donors (Lipinski definition) is 2. The number of ketones is 1. The molecule has 0 spiro atoms. The molecule has 5 heteroatoms. The van der Waals surface area contributed by atoms with Gasteiger partial charge in [-0.15, -0.1) is 11.3 Å². The van der Waals surface area contributed by atoms with Crippen molar-refractivity contribution in [1.82, 2.24) is 0 Å². The van der Waals surface area contributed by atoms with E-state index < -0.39 is 0 Å². The molecule has 20 heavy (non-hydrogen) atoms. The molecule has 2 aromatic rings. The van der Waals surface area contributed by atoms with Gasteiger partial charge in [-0.2, -0.15) is 0 Å². The first-order valence-corrected chi connectivity index (χ1v) is 7.21. The molecular weight excluding hydrogens is 275 g/mol. The quantitative estimate of drug-likeness (QED) is 0.821. The van der Waals surface area contributed by atoms with Crippen LogP contribution in [0.15, 0.2) is 30.3 Å². The molecule has 0 bridgehead atoms. The van der Waals surface area contributed by atoms with Crippen molar-refractivity contribution in [2.45, 2.75) is 20.4 Å². The molecule has 2 rings (SSSR count). The standard InChI is InChI=1S/C15H17FN2OS/c1-9(2)14(19)15-12(17)7-13(20-15)18-8-10-5-3-4-6-11(10)16/h3-7,9,18H,8,17H2,1-2H3. The highest BCUT2D eigenvalue weighted by Crippen LogP contribution is 2.31. The number of nitrogens with one attached hydrogen (secondary N) is 1. The Kier molecular flexibility index (Phi) is 4.39. The lowest BCUT2D eigenvalue weighted by atomic mass is 10.1. The minimum absolute atomic E-state index is 0.0337. The van der Waals surface area contributed by atoms with Gasteiger partial charge in [-0.25, -0.2) is 4.39 Å². The Morgan fingerprint density at radius 1 is 1.40 bits per heavy atom. The molecule has 0 unspecified atom stereocenters. The predicted octanol–water partition coefficient (Wildman–Crippen LogP) is 3.92. The van der Waals surface area contributed by atoms with Crippen LogP contribution in [0, 0.1) is 11.7 Å². The SMILES string of the molecule is CC(C)C(=O)c1sc(NCc2ccccc2F)cc1N. The minimum Gasteiger partial charge on any atom is -0.397 e. The zero-order chi connectivity index (χ0) is 14.7. The van der Waals surface area contributed by atoms with Crippen molar-refractivity contribution < 1.29 is 9.18 Å². The van der Waals surface area contributed by atoms with E-state index >= 15 is 0 Å². The summed E-state index contributed by atoms with van der Waals surface area (Å²) in [5.74, 6) is -0.301. The van der Waals surface area contributed by atoms with Gasteiger partial charge in [0.25, 0.3) is 0 Å². The van der Waals surface area contributed by atoms with E-state index in [1.807, 2.05) is 13.8 Å². The lowest BCUT2D eigenvalue weighted by Crippen LogP contribution is -2.07. The van der Waals surface area contributed by atoms with Crippen molar-refractivity contribution in [3.63, 3.8) is 0 Å². The molecule has 1 aromatic heterocycles.